The number of hydrogen-bond acceptors (Lipinski definition) is 5. The van der Waals surface area contributed by atoms with Gasteiger partial charge in [0.15, 0.2) is 0 Å². The van der Waals surface area contributed by atoms with Gasteiger partial charge in [0.2, 0.25) is 0 Å². The number of anilines is 1. The molecule has 1 aliphatic rings. The van der Waals surface area contributed by atoms with Gasteiger partial charge in [-0.3, -0.25) is 4.57 Å². The Bertz CT molecular complexity index is 1250. The zero-order chi connectivity index (χ0) is 20.8. The van der Waals surface area contributed by atoms with Crippen molar-refractivity contribution >= 4 is 27.5 Å². The molecule has 0 spiro atoms. The van der Waals surface area contributed by atoms with Gasteiger partial charge in [-0.2, -0.15) is 0 Å². The van der Waals surface area contributed by atoms with Crippen LogP contribution in [0.5, 0.6) is 0 Å². The number of benzene rings is 3. The van der Waals surface area contributed by atoms with Crippen molar-refractivity contribution in [3.05, 3.63) is 65.7 Å². The molecule has 30 heavy (non-hydrogen) atoms. The van der Waals surface area contributed by atoms with Gasteiger partial charge in [0.25, 0.3) is 0 Å². The first-order valence-electron chi connectivity index (χ1n) is 10.0. The van der Waals surface area contributed by atoms with Crippen LogP contribution in [0.15, 0.2) is 48.5 Å². The molecule has 1 saturated heterocycles. The number of rotatable bonds is 3. The Hall–Kier alpha value is -3.00. The molecule has 1 aromatic heterocycles. The Morgan fingerprint density at radius 1 is 1.10 bits per heavy atom. The van der Waals surface area contributed by atoms with E-state index in [1.165, 1.54) is 6.07 Å². The summed E-state index contributed by atoms with van der Waals surface area (Å²) in [7, 11) is 0. The number of aromatic nitrogens is 2. The monoisotopic (exact) mass is 406 g/mol. The zero-order valence-electron chi connectivity index (χ0n) is 16.7. The number of halogens is 1. The Labute approximate surface area is 173 Å². The van der Waals surface area contributed by atoms with Crippen LogP contribution in [0.2, 0.25) is 0 Å². The minimum atomic E-state index is -1.15. The first-order valence-corrected chi connectivity index (χ1v) is 10.0. The number of aliphatic hydroxyl groups is 1. The highest BCUT2D eigenvalue weighted by Gasteiger charge is 2.21. The second-order valence-electron chi connectivity index (χ2n) is 7.55. The van der Waals surface area contributed by atoms with Crippen LogP contribution in [0.4, 0.5) is 10.1 Å². The molecule has 2 heterocycles. The highest BCUT2D eigenvalue weighted by Crippen LogP contribution is 2.34. The molecule has 3 aromatic carbocycles. The lowest BCUT2D eigenvalue weighted by atomic mass is 10.1. The molecule has 5 rings (SSSR count). The van der Waals surface area contributed by atoms with Crippen molar-refractivity contribution in [3.8, 4) is 5.69 Å². The predicted molar refractivity (Wildman–Crippen MR) is 115 cm³/mol. The topological polar surface area (TPSA) is 76.5 Å². The van der Waals surface area contributed by atoms with Crippen LogP contribution in [0.3, 0.4) is 0 Å². The molecular formula is C23H23FN4O2. The predicted octanol–water partition coefficient (Wildman–Crippen LogP) is 3.41. The van der Waals surface area contributed by atoms with E-state index in [0.29, 0.717) is 29.7 Å². The maximum Gasteiger partial charge on any atom is 0.131 e. The zero-order valence-corrected chi connectivity index (χ0v) is 16.7. The van der Waals surface area contributed by atoms with Crippen molar-refractivity contribution in [2.24, 2.45) is 5.73 Å². The lowest BCUT2D eigenvalue weighted by molar-refractivity contribution is 0.122. The van der Waals surface area contributed by atoms with E-state index < -0.39 is 6.23 Å². The van der Waals surface area contributed by atoms with Crippen molar-refractivity contribution in [3.63, 3.8) is 0 Å². The van der Waals surface area contributed by atoms with Gasteiger partial charge >= 0.3 is 0 Å². The van der Waals surface area contributed by atoms with Gasteiger partial charge in [-0.25, -0.2) is 9.37 Å². The summed E-state index contributed by atoms with van der Waals surface area (Å²) in [6, 6.07) is 14.6. The maximum atomic E-state index is 14.4. The summed E-state index contributed by atoms with van der Waals surface area (Å²) in [5.41, 5.74) is 9.74. The number of nitrogens with zero attached hydrogens (tertiary/aromatic N) is 3. The van der Waals surface area contributed by atoms with E-state index in [-0.39, 0.29) is 5.82 Å². The molecule has 7 heteroatoms. The Morgan fingerprint density at radius 3 is 2.57 bits per heavy atom. The van der Waals surface area contributed by atoms with E-state index in [2.05, 4.69) is 11.0 Å². The van der Waals surface area contributed by atoms with Crippen LogP contribution in [-0.2, 0) is 4.74 Å². The number of aliphatic hydroxyl groups excluding tert-OH is 1. The Morgan fingerprint density at radius 2 is 1.83 bits per heavy atom. The third-order valence-electron chi connectivity index (χ3n) is 5.73. The Balaban J connectivity index is 1.80. The quantitative estimate of drug-likeness (QED) is 0.510. The maximum absolute atomic E-state index is 14.4. The second-order valence-corrected chi connectivity index (χ2v) is 7.55. The van der Waals surface area contributed by atoms with E-state index in [1.807, 2.05) is 35.8 Å². The summed E-state index contributed by atoms with van der Waals surface area (Å²) in [5.74, 6) is 0.478. The van der Waals surface area contributed by atoms with Gasteiger partial charge in [0.05, 0.1) is 29.9 Å². The Kier molecular flexibility index (Phi) is 4.66. The van der Waals surface area contributed by atoms with E-state index in [1.54, 1.807) is 12.1 Å². The van der Waals surface area contributed by atoms with E-state index in [0.717, 1.165) is 41.2 Å². The van der Waals surface area contributed by atoms with E-state index in [4.69, 9.17) is 15.5 Å². The lowest BCUT2D eigenvalue weighted by Crippen LogP contribution is -2.36. The summed E-state index contributed by atoms with van der Waals surface area (Å²) in [4.78, 5) is 6.92. The standard InChI is InChI=1S/C23H23FN4O2/c1-14-26-22-18(23(25)29)12-15(27-8-10-30-11-9-27)13-21(22)28(14)20-7-6-19(24)16-4-2-3-5-17(16)20/h2-7,12-13,23,29H,8-11,25H2,1H3. The molecule has 0 radical (unpaired) electrons. The smallest absolute Gasteiger partial charge is 0.131 e. The normalized spacial score (nSPS) is 15.8. The van der Waals surface area contributed by atoms with Gasteiger partial charge in [0, 0.05) is 35.1 Å². The van der Waals surface area contributed by atoms with Crippen molar-refractivity contribution in [2.75, 3.05) is 31.2 Å². The second kappa shape index (κ2) is 7.36. The molecule has 1 aliphatic heterocycles. The van der Waals surface area contributed by atoms with Crippen molar-refractivity contribution < 1.29 is 14.2 Å². The molecule has 1 unspecified atom stereocenters. The van der Waals surface area contributed by atoms with Crippen LogP contribution in [0.25, 0.3) is 27.5 Å². The third-order valence-corrected chi connectivity index (χ3v) is 5.73. The fourth-order valence-electron chi connectivity index (χ4n) is 4.28. The average molecular weight is 406 g/mol. The largest absolute Gasteiger partial charge is 0.378 e. The van der Waals surface area contributed by atoms with Gasteiger partial charge < -0.3 is 20.5 Å². The molecule has 1 fully saturated rings. The summed E-state index contributed by atoms with van der Waals surface area (Å²) >= 11 is 0. The number of morpholine rings is 1. The molecule has 1 atom stereocenters. The third kappa shape index (κ3) is 3.02. The SMILES string of the molecule is Cc1nc2c(C(N)O)cc(N3CCOCC3)cc2n1-c1ccc(F)c2ccccc12. The molecule has 0 aliphatic carbocycles. The summed E-state index contributed by atoms with van der Waals surface area (Å²) in [6.45, 7) is 4.73. The number of ether oxygens (including phenoxy) is 1. The van der Waals surface area contributed by atoms with Crippen LogP contribution in [0.1, 0.15) is 17.6 Å². The van der Waals surface area contributed by atoms with Crippen LogP contribution in [-0.4, -0.2) is 41.0 Å². The molecular weight excluding hydrogens is 383 g/mol. The van der Waals surface area contributed by atoms with Crippen molar-refractivity contribution in [2.45, 2.75) is 13.2 Å². The van der Waals surface area contributed by atoms with E-state index >= 15 is 0 Å². The number of fused-ring (bicyclic) bond motifs is 2. The van der Waals surface area contributed by atoms with Crippen molar-refractivity contribution in [1.29, 1.82) is 0 Å². The molecule has 3 N–H and O–H groups in total. The van der Waals surface area contributed by atoms with Gasteiger partial charge in [-0.05, 0) is 31.2 Å². The van der Waals surface area contributed by atoms with Crippen LogP contribution >= 0.6 is 0 Å². The molecule has 0 saturated carbocycles. The minimum Gasteiger partial charge on any atom is -0.378 e. The number of nitrogens with two attached hydrogens (primary N) is 1. The fourth-order valence-corrected chi connectivity index (χ4v) is 4.28. The highest BCUT2D eigenvalue weighted by atomic mass is 19.1. The summed E-state index contributed by atoms with van der Waals surface area (Å²) in [6.07, 6.45) is -1.15. The number of aryl methyl sites for hydroxylation is 1. The fraction of sp³-hybridized carbons (Fsp3) is 0.261. The molecule has 0 bridgehead atoms. The van der Waals surface area contributed by atoms with Gasteiger partial charge in [0.1, 0.15) is 17.9 Å². The summed E-state index contributed by atoms with van der Waals surface area (Å²) < 4.78 is 21.9. The molecule has 154 valence electrons. The van der Waals surface area contributed by atoms with E-state index in [9.17, 15) is 9.50 Å². The van der Waals surface area contributed by atoms with Crippen LogP contribution in [0, 0.1) is 12.7 Å². The molecule has 4 aromatic rings. The average Bonchev–Trinajstić information content (AvgIpc) is 3.09. The first-order chi connectivity index (χ1) is 14.5. The van der Waals surface area contributed by atoms with Crippen molar-refractivity contribution in [1.82, 2.24) is 9.55 Å². The lowest BCUT2D eigenvalue weighted by Gasteiger charge is -2.29. The van der Waals surface area contributed by atoms with Gasteiger partial charge in [-0.1, -0.05) is 24.3 Å². The first kappa shape index (κ1) is 19.0. The van der Waals surface area contributed by atoms with Gasteiger partial charge in [-0.15, -0.1) is 0 Å². The molecule has 6 nitrogen and oxygen atoms in total. The van der Waals surface area contributed by atoms with Crippen LogP contribution < -0.4 is 10.6 Å². The summed E-state index contributed by atoms with van der Waals surface area (Å²) in [5, 5.41) is 11.6. The number of imidazole rings is 1. The minimum absolute atomic E-state index is 0.261. The highest BCUT2D eigenvalue weighted by molar-refractivity contribution is 5.94. The number of hydrogen-bond donors (Lipinski definition) is 2. The molecule has 0 amide bonds.